The summed E-state index contributed by atoms with van der Waals surface area (Å²) in [5.74, 6) is 0.193. The summed E-state index contributed by atoms with van der Waals surface area (Å²) >= 11 is 1.18. The lowest BCUT2D eigenvalue weighted by atomic mass is 9.87. The number of benzene rings is 2. The third kappa shape index (κ3) is 5.65. The summed E-state index contributed by atoms with van der Waals surface area (Å²) in [6.45, 7) is 2.92. The van der Waals surface area contributed by atoms with E-state index in [4.69, 9.17) is 4.74 Å². The average Bonchev–Trinajstić information content (AvgIpc) is 2.77. The molecule has 2 N–H and O–H groups in total. The third-order valence-corrected chi connectivity index (χ3v) is 5.65. The number of hydrogen-bond acceptors (Lipinski definition) is 5. The first-order chi connectivity index (χ1) is 14.6. The molecular formula is C23H23N3O3S. The second-order valence-corrected chi connectivity index (χ2v) is 7.70. The van der Waals surface area contributed by atoms with Crippen molar-refractivity contribution in [2.24, 2.45) is 0 Å². The molecule has 7 heteroatoms. The molecule has 30 heavy (non-hydrogen) atoms. The molecule has 2 aromatic rings. The van der Waals surface area contributed by atoms with Crippen molar-refractivity contribution in [2.75, 3.05) is 12.4 Å². The largest absolute Gasteiger partial charge is 0.494 e. The van der Waals surface area contributed by atoms with Crippen LogP contribution in [0.1, 0.15) is 30.4 Å². The molecule has 154 valence electrons. The third-order valence-electron chi connectivity index (χ3n) is 4.63. The summed E-state index contributed by atoms with van der Waals surface area (Å²) in [5, 5.41) is 15.8. The van der Waals surface area contributed by atoms with Gasteiger partial charge in [-0.25, -0.2) is 0 Å². The van der Waals surface area contributed by atoms with Gasteiger partial charge in [0.05, 0.1) is 29.0 Å². The van der Waals surface area contributed by atoms with Crippen molar-refractivity contribution >= 4 is 23.6 Å². The van der Waals surface area contributed by atoms with Crippen LogP contribution in [0.25, 0.3) is 0 Å². The van der Waals surface area contributed by atoms with Crippen LogP contribution in [0.2, 0.25) is 0 Å². The Morgan fingerprint density at radius 3 is 2.63 bits per heavy atom. The Labute approximate surface area is 180 Å². The van der Waals surface area contributed by atoms with Crippen LogP contribution in [0.4, 0.5) is 0 Å². The molecule has 0 aromatic heterocycles. The second-order valence-electron chi connectivity index (χ2n) is 6.71. The quantitative estimate of drug-likeness (QED) is 0.681. The van der Waals surface area contributed by atoms with Gasteiger partial charge >= 0.3 is 0 Å². The maximum absolute atomic E-state index is 12.3. The van der Waals surface area contributed by atoms with Gasteiger partial charge in [-0.15, -0.1) is 0 Å². The zero-order valence-corrected chi connectivity index (χ0v) is 17.5. The smallest absolute Gasteiger partial charge is 0.230 e. The Kier molecular flexibility index (Phi) is 7.52. The molecule has 6 nitrogen and oxygen atoms in total. The second kappa shape index (κ2) is 10.5. The summed E-state index contributed by atoms with van der Waals surface area (Å²) in [6.07, 6.45) is 0.196. The SMILES string of the molecule is CCOc1ccc([C@H]2CC(=O)NC(SCC(=O)NCc3ccccc3)=C2C#N)cc1. The number of thioether (sulfide) groups is 1. The lowest BCUT2D eigenvalue weighted by Gasteiger charge is -2.25. The molecule has 1 aliphatic heterocycles. The molecular weight excluding hydrogens is 398 g/mol. The molecule has 0 saturated heterocycles. The van der Waals surface area contributed by atoms with E-state index in [-0.39, 0.29) is 29.9 Å². The van der Waals surface area contributed by atoms with Crippen molar-refractivity contribution in [1.29, 1.82) is 5.26 Å². The van der Waals surface area contributed by atoms with Gasteiger partial charge in [0.1, 0.15) is 5.75 Å². The van der Waals surface area contributed by atoms with Crippen molar-refractivity contribution in [3.63, 3.8) is 0 Å². The molecule has 0 fully saturated rings. The molecule has 1 aliphatic rings. The Bertz CT molecular complexity index is 965. The molecule has 1 atom stereocenters. The van der Waals surface area contributed by atoms with Crippen molar-refractivity contribution < 1.29 is 14.3 Å². The molecule has 2 aromatic carbocycles. The number of hydrogen-bond donors (Lipinski definition) is 2. The Morgan fingerprint density at radius 2 is 1.97 bits per heavy atom. The van der Waals surface area contributed by atoms with Gasteiger partial charge in [-0.05, 0) is 30.2 Å². The Morgan fingerprint density at radius 1 is 1.23 bits per heavy atom. The summed E-state index contributed by atoms with van der Waals surface area (Å²) in [7, 11) is 0. The number of carbonyl (C=O) groups is 2. The highest BCUT2D eigenvalue weighted by Crippen LogP contribution is 2.36. The first-order valence-corrected chi connectivity index (χ1v) is 10.7. The average molecular weight is 422 g/mol. The van der Waals surface area contributed by atoms with Crippen LogP contribution in [0.15, 0.2) is 65.2 Å². The summed E-state index contributed by atoms with van der Waals surface area (Å²) in [5.41, 5.74) is 2.35. The number of nitrogens with zero attached hydrogens (tertiary/aromatic N) is 1. The maximum atomic E-state index is 12.3. The number of nitrogens with one attached hydrogen (secondary N) is 2. The molecule has 2 amide bonds. The van der Waals surface area contributed by atoms with E-state index >= 15 is 0 Å². The predicted octanol–water partition coefficient (Wildman–Crippen LogP) is 3.47. The van der Waals surface area contributed by atoms with E-state index in [2.05, 4.69) is 16.7 Å². The van der Waals surface area contributed by atoms with E-state index in [0.717, 1.165) is 16.9 Å². The first-order valence-electron chi connectivity index (χ1n) is 9.71. The zero-order valence-electron chi connectivity index (χ0n) is 16.7. The molecule has 0 aliphatic carbocycles. The Balaban J connectivity index is 1.67. The fourth-order valence-corrected chi connectivity index (χ4v) is 4.07. The molecule has 0 saturated carbocycles. The van der Waals surface area contributed by atoms with E-state index in [0.29, 0.717) is 23.8 Å². The topological polar surface area (TPSA) is 91.2 Å². The maximum Gasteiger partial charge on any atom is 0.230 e. The fraction of sp³-hybridized carbons (Fsp3) is 0.261. The normalized spacial score (nSPS) is 15.9. The van der Waals surface area contributed by atoms with Gasteiger partial charge < -0.3 is 15.4 Å². The summed E-state index contributed by atoms with van der Waals surface area (Å²) < 4.78 is 5.46. The molecule has 0 spiro atoms. The zero-order chi connectivity index (χ0) is 21.3. The number of rotatable bonds is 8. The molecule has 0 radical (unpaired) electrons. The molecule has 0 bridgehead atoms. The lowest BCUT2D eigenvalue weighted by Crippen LogP contribution is -2.32. The number of allylic oxidation sites excluding steroid dienone is 1. The van der Waals surface area contributed by atoms with Crippen LogP contribution in [-0.4, -0.2) is 24.2 Å². The van der Waals surface area contributed by atoms with Crippen LogP contribution in [0.5, 0.6) is 5.75 Å². The van der Waals surface area contributed by atoms with Crippen molar-refractivity contribution in [1.82, 2.24) is 10.6 Å². The van der Waals surface area contributed by atoms with Gasteiger partial charge in [-0.1, -0.05) is 54.2 Å². The van der Waals surface area contributed by atoms with Gasteiger partial charge in [-0.3, -0.25) is 9.59 Å². The standard InChI is InChI=1S/C23H23N3O3S/c1-2-29-18-10-8-17(9-11-18)19-12-21(27)26-23(20(19)13-24)30-15-22(28)25-14-16-6-4-3-5-7-16/h3-11,19H,2,12,14-15H2,1H3,(H,25,28)(H,26,27)/t19-/m1/s1. The lowest BCUT2D eigenvalue weighted by molar-refractivity contribution is -0.121. The van der Waals surface area contributed by atoms with Gasteiger partial charge in [0.25, 0.3) is 0 Å². The molecule has 0 unspecified atom stereocenters. The van der Waals surface area contributed by atoms with Crippen molar-refractivity contribution in [3.8, 4) is 11.8 Å². The van der Waals surface area contributed by atoms with Gasteiger partial charge in [0, 0.05) is 18.9 Å². The van der Waals surface area contributed by atoms with Gasteiger partial charge in [0.15, 0.2) is 0 Å². The number of nitriles is 1. The fourth-order valence-electron chi connectivity index (χ4n) is 3.17. The predicted molar refractivity (Wildman–Crippen MR) is 116 cm³/mol. The number of carbonyl (C=O) groups excluding carboxylic acids is 2. The van der Waals surface area contributed by atoms with E-state index in [1.165, 1.54) is 11.8 Å². The van der Waals surface area contributed by atoms with Crippen LogP contribution in [-0.2, 0) is 16.1 Å². The Hall–Kier alpha value is -3.24. The van der Waals surface area contributed by atoms with Crippen molar-refractivity contribution in [2.45, 2.75) is 25.8 Å². The van der Waals surface area contributed by atoms with E-state index in [1.54, 1.807) is 0 Å². The number of ether oxygens (including phenoxy) is 1. The summed E-state index contributed by atoms with van der Waals surface area (Å²) in [6, 6.07) is 19.3. The minimum absolute atomic E-state index is 0.115. The van der Waals surface area contributed by atoms with Crippen LogP contribution >= 0.6 is 11.8 Å². The molecule has 3 rings (SSSR count). The van der Waals surface area contributed by atoms with Crippen LogP contribution < -0.4 is 15.4 Å². The highest BCUT2D eigenvalue weighted by Gasteiger charge is 2.29. The summed E-state index contributed by atoms with van der Waals surface area (Å²) in [4.78, 5) is 24.5. The minimum atomic E-state index is -0.339. The van der Waals surface area contributed by atoms with E-state index in [1.807, 2.05) is 61.5 Å². The van der Waals surface area contributed by atoms with Crippen molar-refractivity contribution in [3.05, 3.63) is 76.3 Å². The van der Waals surface area contributed by atoms with Crippen LogP contribution in [0.3, 0.4) is 0 Å². The minimum Gasteiger partial charge on any atom is -0.494 e. The highest BCUT2D eigenvalue weighted by molar-refractivity contribution is 8.03. The van der Waals surface area contributed by atoms with Gasteiger partial charge in [-0.2, -0.15) is 5.26 Å². The number of amides is 2. The first kappa shape index (κ1) is 21.5. The highest BCUT2D eigenvalue weighted by atomic mass is 32.2. The molecule has 1 heterocycles. The van der Waals surface area contributed by atoms with Gasteiger partial charge in [0.2, 0.25) is 11.8 Å². The van der Waals surface area contributed by atoms with E-state index < -0.39 is 0 Å². The monoisotopic (exact) mass is 421 g/mol. The van der Waals surface area contributed by atoms with E-state index in [9.17, 15) is 14.9 Å². The van der Waals surface area contributed by atoms with Crippen LogP contribution in [0, 0.1) is 11.3 Å².